The van der Waals surface area contributed by atoms with Crippen LogP contribution in [0.25, 0.3) is 17.1 Å². The van der Waals surface area contributed by atoms with Gasteiger partial charge in [-0.3, -0.25) is 19.0 Å². The first-order chi connectivity index (χ1) is 14.1. The number of nitrogens with zero attached hydrogens (tertiary/aromatic N) is 2. The second kappa shape index (κ2) is 7.67. The van der Waals surface area contributed by atoms with Crippen LogP contribution in [0.1, 0.15) is 29.6 Å². The molecule has 0 saturated heterocycles. The summed E-state index contributed by atoms with van der Waals surface area (Å²) in [5, 5.41) is 10.1. The fourth-order valence-corrected chi connectivity index (χ4v) is 3.44. The molecule has 1 aromatic heterocycles. The van der Waals surface area contributed by atoms with Gasteiger partial charge in [0.05, 0.1) is 5.69 Å². The van der Waals surface area contributed by atoms with Gasteiger partial charge in [0.25, 0.3) is 5.56 Å². The summed E-state index contributed by atoms with van der Waals surface area (Å²) in [6.45, 7) is 0. The Morgan fingerprint density at radius 3 is 2.24 bits per heavy atom. The minimum Gasteiger partial charge on any atom is -0.511 e. The van der Waals surface area contributed by atoms with Crippen LogP contribution < -0.4 is 5.56 Å². The number of aliphatic hydroxyl groups is 1. The van der Waals surface area contributed by atoms with E-state index >= 15 is 0 Å². The summed E-state index contributed by atoms with van der Waals surface area (Å²) < 4.78 is 1.35. The third kappa shape index (κ3) is 3.40. The van der Waals surface area contributed by atoms with Crippen molar-refractivity contribution in [3.63, 3.8) is 0 Å². The first kappa shape index (κ1) is 18.6. The fraction of sp³-hybridized carbons (Fsp3) is 0.130. The average molecular weight is 386 g/mol. The molecule has 0 radical (unpaired) electrons. The Kier molecular flexibility index (Phi) is 4.91. The first-order valence-electron chi connectivity index (χ1n) is 9.31. The lowest BCUT2D eigenvalue weighted by Crippen LogP contribution is -2.30. The van der Waals surface area contributed by atoms with Gasteiger partial charge < -0.3 is 5.11 Å². The van der Waals surface area contributed by atoms with Crippen molar-refractivity contribution in [1.29, 1.82) is 0 Å². The Labute approximate surface area is 166 Å². The van der Waals surface area contributed by atoms with Crippen LogP contribution in [0.2, 0.25) is 0 Å². The molecule has 0 fully saturated rings. The van der Waals surface area contributed by atoms with Crippen LogP contribution in [0.3, 0.4) is 0 Å². The number of allylic oxidation sites excluding steroid dienone is 2. The number of carbonyl (C=O) groups excluding carboxylic acids is 2. The van der Waals surface area contributed by atoms with Gasteiger partial charge in [0.15, 0.2) is 5.78 Å². The molecule has 6 heteroatoms. The molecule has 4 rings (SSSR count). The van der Waals surface area contributed by atoms with Gasteiger partial charge in [-0.05, 0) is 18.6 Å². The first-order valence-corrected chi connectivity index (χ1v) is 9.31. The standard InChI is InChI=1S/C23H18N2O4/c26-18-12-7-13-19(27)20(18)21(28)17-14-24-22(15-8-3-1-4-9-15)25(23(17)29)16-10-5-2-6-11-16/h1-6,8-11,14,26H,7,12-13H2. The zero-order valence-electron chi connectivity index (χ0n) is 15.5. The van der Waals surface area contributed by atoms with Gasteiger partial charge in [0, 0.05) is 24.6 Å². The molecule has 0 atom stereocenters. The zero-order chi connectivity index (χ0) is 20.4. The van der Waals surface area contributed by atoms with Gasteiger partial charge in [-0.15, -0.1) is 0 Å². The van der Waals surface area contributed by atoms with Crippen molar-refractivity contribution in [1.82, 2.24) is 9.55 Å². The minimum atomic E-state index is -0.783. The molecule has 0 amide bonds. The molecule has 6 nitrogen and oxygen atoms in total. The second-order valence-corrected chi connectivity index (χ2v) is 6.77. The lowest BCUT2D eigenvalue weighted by atomic mass is 9.91. The average Bonchev–Trinajstić information content (AvgIpc) is 2.74. The Balaban J connectivity index is 1.94. The van der Waals surface area contributed by atoms with E-state index in [1.807, 2.05) is 36.4 Å². The molecule has 1 aliphatic carbocycles. The molecule has 2 aromatic carbocycles. The van der Waals surface area contributed by atoms with Crippen molar-refractivity contribution >= 4 is 11.6 Å². The third-order valence-corrected chi connectivity index (χ3v) is 4.86. The maximum Gasteiger partial charge on any atom is 0.269 e. The van der Waals surface area contributed by atoms with Gasteiger partial charge >= 0.3 is 0 Å². The number of ketones is 2. The van der Waals surface area contributed by atoms with Crippen molar-refractivity contribution in [3.05, 3.63) is 94.1 Å². The second-order valence-electron chi connectivity index (χ2n) is 6.77. The van der Waals surface area contributed by atoms with Crippen LogP contribution in [0, 0.1) is 0 Å². The highest BCUT2D eigenvalue weighted by Gasteiger charge is 2.30. The largest absolute Gasteiger partial charge is 0.511 e. The van der Waals surface area contributed by atoms with Crippen molar-refractivity contribution in [3.8, 4) is 17.1 Å². The summed E-state index contributed by atoms with van der Waals surface area (Å²) in [4.78, 5) is 42.9. The highest BCUT2D eigenvalue weighted by molar-refractivity contribution is 6.26. The summed E-state index contributed by atoms with van der Waals surface area (Å²) in [6, 6.07) is 18.0. The number of Topliss-reactive ketones (excluding diaryl/α,β-unsaturated/α-hetero) is 2. The number of aromatic nitrogens is 2. The van der Waals surface area contributed by atoms with Crippen LogP contribution in [0.15, 0.2) is 83.0 Å². The van der Waals surface area contributed by atoms with Gasteiger partial charge in [0.2, 0.25) is 5.78 Å². The number of rotatable bonds is 4. The SMILES string of the molecule is O=C1CCCC(O)=C1C(=O)c1cnc(-c2ccccc2)n(-c2ccccc2)c1=O. The van der Waals surface area contributed by atoms with Crippen molar-refractivity contribution in [2.24, 2.45) is 0 Å². The molecule has 1 aliphatic rings. The van der Waals surface area contributed by atoms with E-state index in [9.17, 15) is 19.5 Å². The predicted molar refractivity (Wildman–Crippen MR) is 108 cm³/mol. The van der Waals surface area contributed by atoms with Gasteiger partial charge in [-0.2, -0.15) is 0 Å². The third-order valence-electron chi connectivity index (χ3n) is 4.86. The molecule has 0 saturated carbocycles. The lowest BCUT2D eigenvalue weighted by Gasteiger charge is -2.16. The van der Waals surface area contributed by atoms with E-state index in [-0.39, 0.29) is 29.7 Å². The molecule has 144 valence electrons. The molecular formula is C23H18N2O4. The Hall–Kier alpha value is -3.80. The topological polar surface area (TPSA) is 89.3 Å². The smallest absolute Gasteiger partial charge is 0.269 e. The zero-order valence-corrected chi connectivity index (χ0v) is 15.5. The van der Waals surface area contributed by atoms with Gasteiger partial charge in [-0.25, -0.2) is 4.98 Å². The quantitative estimate of drug-likeness (QED) is 0.546. The molecule has 0 aliphatic heterocycles. The molecule has 1 N–H and O–H groups in total. The summed E-state index contributed by atoms with van der Waals surface area (Å²) in [6.07, 6.45) is 2.10. The van der Waals surface area contributed by atoms with Crippen LogP contribution in [-0.2, 0) is 4.79 Å². The fourth-order valence-electron chi connectivity index (χ4n) is 3.44. The number of carbonyl (C=O) groups is 2. The van der Waals surface area contributed by atoms with E-state index in [0.717, 1.165) is 0 Å². The molecule has 0 spiro atoms. The predicted octanol–water partition coefficient (Wildman–Crippen LogP) is 3.65. The molecular weight excluding hydrogens is 368 g/mol. The number of hydrogen-bond acceptors (Lipinski definition) is 5. The molecule has 29 heavy (non-hydrogen) atoms. The van der Waals surface area contributed by atoms with E-state index in [0.29, 0.717) is 23.5 Å². The summed E-state index contributed by atoms with van der Waals surface area (Å²) in [7, 11) is 0. The highest BCUT2D eigenvalue weighted by Crippen LogP contribution is 2.24. The Morgan fingerprint density at radius 1 is 0.931 bits per heavy atom. The number of aliphatic hydroxyl groups excluding tert-OH is 1. The maximum atomic E-state index is 13.3. The van der Waals surface area contributed by atoms with E-state index in [2.05, 4.69) is 4.98 Å². The van der Waals surface area contributed by atoms with E-state index < -0.39 is 17.1 Å². The lowest BCUT2D eigenvalue weighted by molar-refractivity contribution is -0.116. The number of hydrogen-bond donors (Lipinski definition) is 1. The van der Waals surface area contributed by atoms with Crippen LogP contribution in [-0.4, -0.2) is 26.2 Å². The van der Waals surface area contributed by atoms with Gasteiger partial charge in [0.1, 0.15) is 22.7 Å². The normalized spacial score (nSPS) is 14.1. The molecule has 1 heterocycles. The van der Waals surface area contributed by atoms with Crippen LogP contribution in [0.4, 0.5) is 0 Å². The Morgan fingerprint density at radius 2 is 1.59 bits per heavy atom. The minimum absolute atomic E-state index is 0.174. The van der Waals surface area contributed by atoms with E-state index in [1.54, 1.807) is 24.3 Å². The summed E-state index contributed by atoms with van der Waals surface area (Å²) >= 11 is 0. The monoisotopic (exact) mass is 386 g/mol. The summed E-state index contributed by atoms with van der Waals surface area (Å²) in [5.74, 6) is -1.11. The number of benzene rings is 2. The van der Waals surface area contributed by atoms with E-state index in [1.165, 1.54) is 10.8 Å². The van der Waals surface area contributed by atoms with Crippen LogP contribution >= 0.6 is 0 Å². The number of para-hydroxylation sites is 1. The van der Waals surface area contributed by atoms with Crippen molar-refractivity contribution < 1.29 is 14.7 Å². The van der Waals surface area contributed by atoms with E-state index in [4.69, 9.17) is 0 Å². The molecule has 3 aromatic rings. The van der Waals surface area contributed by atoms with Gasteiger partial charge in [-0.1, -0.05) is 48.5 Å². The Bertz CT molecular complexity index is 1180. The highest BCUT2D eigenvalue weighted by atomic mass is 16.3. The molecule has 0 bridgehead atoms. The summed E-state index contributed by atoms with van der Waals surface area (Å²) in [5.41, 5.74) is 0.121. The van der Waals surface area contributed by atoms with Crippen LogP contribution in [0.5, 0.6) is 0 Å². The van der Waals surface area contributed by atoms with Crippen molar-refractivity contribution in [2.45, 2.75) is 19.3 Å². The maximum absolute atomic E-state index is 13.3. The molecule has 0 unspecified atom stereocenters. The van der Waals surface area contributed by atoms with Crippen molar-refractivity contribution in [2.75, 3.05) is 0 Å².